The van der Waals surface area contributed by atoms with Gasteiger partial charge in [-0.15, -0.1) is 0 Å². The lowest BCUT2D eigenvalue weighted by molar-refractivity contribution is -0.385. The lowest BCUT2D eigenvalue weighted by atomic mass is 9.82. The summed E-state index contributed by atoms with van der Waals surface area (Å²) in [6.45, 7) is 6.13. The van der Waals surface area contributed by atoms with Gasteiger partial charge in [0, 0.05) is 18.2 Å². The Kier molecular flexibility index (Phi) is 5.69. The van der Waals surface area contributed by atoms with Gasteiger partial charge in [0.25, 0.3) is 5.69 Å². The second-order valence-corrected chi connectivity index (χ2v) is 7.34. The smallest absolute Gasteiger partial charge is 0.273 e. The average Bonchev–Trinajstić information content (AvgIpc) is 2.65. The maximum atomic E-state index is 11.4. The van der Waals surface area contributed by atoms with Gasteiger partial charge in [-0.05, 0) is 45.4 Å². The van der Waals surface area contributed by atoms with Gasteiger partial charge in [-0.2, -0.15) is 0 Å². The highest BCUT2D eigenvalue weighted by Gasteiger charge is 2.57. The van der Waals surface area contributed by atoms with E-state index in [1.54, 1.807) is 26.8 Å². The summed E-state index contributed by atoms with van der Waals surface area (Å²) < 4.78 is 11.7. The van der Waals surface area contributed by atoms with Gasteiger partial charge >= 0.3 is 0 Å². The van der Waals surface area contributed by atoms with Gasteiger partial charge in [0.1, 0.15) is 5.75 Å². The van der Waals surface area contributed by atoms with E-state index in [2.05, 4.69) is 5.32 Å². The molecule has 0 saturated heterocycles. The first-order chi connectivity index (χ1) is 13.3. The number of ether oxygens (including phenoxy) is 2. The van der Waals surface area contributed by atoms with E-state index in [1.165, 1.54) is 17.7 Å². The molecule has 0 fully saturated rings. The van der Waals surface area contributed by atoms with Crippen molar-refractivity contribution in [2.45, 2.75) is 44.6 Å². The molecular formula is C21H26N2O5. The van der Waals surface area contributed by atoms with Crippen LogP contribution in [0.25, 0.3) is 0 Å². The van der Waals surface area contributed by atoms with Gasteiger partial charge in [0.15, 0.2) is 5.60 Å². The summed E-state index contributed by atoms with van der Waals surface area (Å²) in [6.07, 6.45) is 0.767. The first-order valence-corrected chi connectivity index (χ1v) is 9.39. The van der Waals surface area contributed by atoms with Crippen molar-refractivity contribution in [1.82, 2.24) is 5.32 Å². The predicted molar refractivity (Wildman–Crippen MR) is 105 cm³/mol. The summed E-state index contributed by atoms with van der Waals surface area (Å²) in [6, 6.07) is 13.9. The molecule has 7 nitrogen and oxygen atoms in total. The fraction of sp³-hybridized carbons (Fsp3) is 0.429. The number of nitro groups is 1. The highest BCUT2D eigenvalue weighted by Crippen LogP contribution is 2.47. The third-order valence-electron chi connectivity index (χ3n) is 5.11. The number of nitrogens with one attached hydrogen (secondary N) is 1. The molecular weight excluding hydrogens is 360 g/mol. The molecule has 2 N–H and O–H groups in total. The molecule has 3 rings (SSSR count). The lowest BCUT2D eigenvalue weighted by Crippen LogP contribution is -2.64. The zero-order valence-electron chi connectivity index (χ0n) is 16.3. The Bertz CT molecular complexity index is 840. The van der Waals surface area contributed by atoms with Crippen molar-refractivity contribution in [2.24, 2.45) is 0 Å². The highest BCUT2D eigenvalue weighted by molar-refractivity contribution is 5.49. The van der Waals surface area contributed by atoms with E-state index < -0.39 is 22.4 Å². The molecule has 0 bridgehead atoms. The molecule has 0 radical (unpaired) electrons. The Morgan fingerprint density at radius 1 is 1.25 bits per heavy atom. The van der Waals surface area contributed by atoms with E-state index in [9.17, 15) is 15.2 Å². The van der Waals surface area contributed by atoms with Crippen LogP contribution in [-0.2, 0) is 11.2 Å². The molecule has 150 valence electrons. The van der Waals surface area contributed by atoms with Crippen LogP contribution in [0.15, 0.2) is 48.5 Å². The topological polar surface area (TPSA) is 93.9 Å². The number of fused-ring (bicyclic) bond motifs is 1. The Morgan fingerprint density at radius 2 is 1.96 bits per heavy atom. The van der Waals surface area contributed by atoms with Gasteiger partial charge in [0.2, 0.25) is 5.79 Å². The summed E-state index contributed by atoms with van der Waals surface area (Å²) in [7, 11) is 0. The van der Waals surface area contributed by atoms with Gasteiger partial charge in [-0.3, -0.25) is 10.1 Å². The fourth-order valence-corrected chi connectivity index (χ4v) is 3.60. The van der Waals surface area contributed by atoms with Crippen LogP contribution in [0.2, 0.25) is 0 Å². The lowest BCUT2D eigenvalue weighted by Gasteiger charge is -2.50. The van der Waals surface area contributed by atoms with E-state index in [4.69, 9.17) is 9.47 Å². The molecule has 2 aromatic carbocycles. The molecule has 0 saturated carbocycles. The Hall–Kier alpha value is -2.48. The number of hydrogen-bond donors (Lipinski definition) is 2. The fourth-order valence-electron chi connectivity index (χ4n) is 3.60. The van der Waals surface area contributed by atoms with Crippen LogP contribution in [-0.4, -0.2) is 34.6 Å². The van der Waals surface area contributed by atoms with Crippen LogP contribution in [0.4, 0.5) is 5.69 Å². The van der Waals surface area contributed by atoms with Gasteiger partial charge in [-0.1, -0.05) is 30.3 Å². The summed E-state index contributed by atoms with van der Waals surface area (Å²) in [4.78, 5) is 10.7. The number of nitro benzene ring substituents is 1. The predicted octanol–water partition coefficient (Wildman–Crippen LogP) is 3.36. The van der Waals surface area contributed by atoms with Crippen molar-refractivity contribution < 1.29 is 19.5 Å². The standard InChI is InChI=1S/C21H26N2O5/c1-4-27-21(24)19(22-13-12-15-8-6-5-7-9-15)17-11-10-16(23(25)26)14-18(17)28-20(21,2)3/h5-11,14,19,22,24H,4,12-13H2,1-3H3. The van der Waals surface area contributed by atoms with Crippen LogP contribution in [0.5, 0.6) is 5.75 Å². The Balaban J connectivity index is 1.93. The number of hydrogen-bond acceptors (Lipinski definition) is 6. The number of non-ortho nitro benzene ring substituents is 1. The molecule has 0 aromatic heterocycles. The number of rotatable bonds is 7. The molecule has 28 heavy (non-hydrogen) atoms. The van der Waals surface area contributed by atoms with Crippen LogP contribution in [0.1, 0.15) is 37.9 Å². The molecule has 1 heterocycles. The van der Waals surface area contributed by atoms with Crippen LogP contribution in [0, 0.1) is 10.1 Å². The SMILES string of the molecule is CCOC1(O)C(NCCc2ccccc2)c2ccc([N+](=O)[O-])cc2OC1(C)C. The number of nitrogens with zero attached hydrogens (tertiary/aromatic N) is 1. The molecule has 1 aliphatic heterocycles. The van der Waals surface area contributed by atoms with E-state index in [-0.39, 0.29) is 5.69 Å². The van der Waals surface area contributed by atoms with Crippen molar-refractivity contribution in [1.29, 1.82) is 0 Å². The quantitative estimate of drug-likeness (QED) is 0.430. The van der Waals surface area contributed by atoms with E-state index in [0.717, 1.165) is 6.42 Å². The normalized spacial score (nSPS) is 22.9. The third-order valence-corrected chi connectivity index (χ3v) is 5.11. The van der Waals surface area contributed by atoms with Crippen LogP contribution >= 0.6 is 0 Å². The second kappa shape index (κ2) is 7.87. The van der Waals surface area contributed by atoms with Crippen LogP contribution in [0.3, 0.4) is 0 Å². The van der Waals surface area contributed by atoms with Crippen molar-refractivity contribution >= 4 is 5.69 Å². The zero-order chi connectivity index (χ0) is 20.4. The van der Waals surface area contributed by atoms with Crippen molar-refractivity contribution in [2.75, 3.05) is 13.2 Å². The Labute approximate surface area is 164 Å². The Morgan fingerprint density at radius 3 is 2.61 bits per heavy atom. The van der Waals surface area contributed by atoms with Gasteiger partial charge in [0.05, 0.1) is 17.0 Å². The number of benzene rings is 2. The molecule has 2 atom stereocenters. The average molecular weight is 386 g/mol. The minimum atomic E-state index is -1.64. The first-order valence-electron chi connectivity index (χ1n) is 9.39. The second-order valence-electron chi connectivity index (χ2n) is 7.34. The van der Waals surface area contributed by atoms with Crippen molar-refractivity contribution in [3.05, 3.63) is 69.8 Å². The van der Waals surface area contributed by atoms with Crippen molar-refractivity contribution in [3.63, 3.8) is 0 Å². The number of aliphatic hydroxyl groups is 1. The maximum Gasteiger partial charge on any atom is 0.273 e. The minimum absolute atomic E-state index is 0.0561. The highest BCUT2D eigenvalue weighted by atomic mass is 16.7. The zero-order valence-corrected chi connectivity index (χ0v) is 16.3. The summed E-state index contributed by atoms with van der Waals surface area (Å²) in [5, 5.41) is 26.0. The van der Waals surface area contributed by atoms with E-state index in [0.29, 0.717) is 24.5 Å². The third kappa shape index (κ3) is 3.73. The molecule has 2 aromatic rings. The summed E-state index contributed by atoms with van der Waals surface area (Å²) in [5.41, 5.74) is 0.633. The molecule has 0 aliphatic carbocycles. The van der Waals surface area contributed by atoms with E-state index >= 15 is 0 Å². The first kappa shape index (κ1) is 20.3. The summed E-state index contributed by atoms with van der Waals surface area (Å²) in [5.74, 6) is -1.26. The van der Waals surface area contributed by atoms with Crippen LogP contribution < -0.4 is 10.1 Å². The minimum Gasteiger partial charge on any atom is -0.482 e. The largest absolute Gasteiger partial charge is 0.482 e. The van der Waals surface area contributed by atoms with Gasteiger partial charge < -0.3 is 19.9 Å². The molecule has 7 heteroatoms. The summed E-state index contributed by atoms with van der Waals surface area (Å²) >= 11 is 0. The van der Waals surface area contributed by atoms with Crippen molar-refractivity contribution in [3.8, 4) is 5.75 Å². The molecule has 0 amide bonds. The molecule has 0 spiro atoms. The maximum absolute atomic E-state index is 11.4. The van der Waals surface area contributed by atoms with Gasteiger partial charge in [-0.25, -0.2) is 0 Å². The molecule has 2 unspecified atom stereocenters. The van der Waals surface area contributed by atoms with E-state index in [1.807, 2.05) is 30.3 Å². The molecule has 1 aliphatic rings. The monoisotopic (exact) mass is 386 g/mol.